The fraction of sp³-hybridized carbons (Fsp3) is 1.00. The highest BCUT2D eigenvalue weighted by atomic mass is 16.3. The fourth-order valence-electron chi connectivity index (χ4n) is 1.93. The molecule has 0 aliphatic carbocycles. The molecule has 0 aromatic rings. The lowest BCUT2D eigenvalue weighted by Crippen LogP contribution is -2.28. The number of nitrogens with one attached hydrogen (secondary N) is 1. The van der Waals surface area contributed by atoms with Crippen LogP contribution in [-0.2, 0) is 0 Å². The Morgan fingerprint density at radius 2 is 2.08 bits per heavy atom. The van der Waals surface area contributed by atoms with Crippen molar-refractivity contribution < 1.29 is 5.11 Å². The zero-order chi connectivity index (χ0) is 9.03. The van der Waals surface area contributed by atoms with E-state index in [2.05, 4.69) is 19.2 Å². The van der Waals surface area contributed by atoms with Crippen molar-refractivity contribution in [2.75, 3.05) is 19.7 Å². The molecule has 1 aliphatic rings. The van der Waals surface area contributed by atoms with Gasteiger partial charge in [0.1, 0.15) is 0 Å². The average Bonchev–Trinajstić information content (AvgIpc) is 2.32. The second-order valence-electron chi connectivity index (χ2n) is 4.52. The molecule has 0 radical (unpaired) electrons. The van der Waals surface area contributed by atoms with Gasteiger partial charge in [0.15, 0.2) is 0 Å². The van der Waals surface area contributed by atoms with E-state index >= 15 is 0 Å². The van der Waals surface area contributed by atoms with Crippen molar-refractivity contribution >= 4 is 0 Å². The fourth-order valence-corrected chi connectivity index (χ4v) is 1.93. The highest BCUT2D eigenvalue weighted by molar-refractivity contribution is 4.80. The Morgan fingerprint density at radius 3 is 2.75 bits per heavy atom. The molecule has 12 heavy (non-hydrogen) atoms. The maximum atomic E-state index is 9.22. The van der Waals surface area contributed by atoms with Gasteiger partial charge in [0, 0.05) is 6.61 Å². The molecular formula is C10H21NO. The predicted octanol–water partition coefficient (Wildman–Crippen LogP) is 1.39. The van der Waals surface area contributed by atoms with Gasteiger partial charge >= 0.3 is 0 Å². The summed E-state index contributed by atoms with van der Waals surface area (Å²) in [5, 5.41) is 12.6. The SMILES string of the molecule is CC(C)(CO)C1CCCNCC1. The van der Waals surface area contributed by atoms with E-state index in [0.29, 0.717) is 12.5 Å². The summed E-state index contributed by atoms with van der Waals surface area (Å²) in [5.41, 5.74) is 0.117. The van der Waals surface area contributed by atoms with Crippen LogP contribution >= 0.6 is 0 Å². The van der Waals surface area contributed by atoms with Gasteiger partial charge in [0.2, 0.25) is 0 Å². The lowest BCUT2D eigenvalue weighted by Gasteiger charge is -2.31. The Morgan fingerprint density at radius 1 is 1.33 bits per heavy atom. The van der Waals surface area contributed by atoms with E-state index in [4.69, 9.17) is 0 Å². The highest BCUT2D eigenvalue weighted by Crippen LogP contribution is 2.33. The molecule has 0 aromatic heterocycles. The topological polar surface area (TPSA) is 32.3 Å². The molecule has 1 unspecified atom stereocenters. The third kappa shape index (κ3) is 2.46. The van der Waals surface area contributed by atoms with Crippen LogP contribution in [0, 0.1) is 11.3 Å². The van der Waals surface area contributed by atoms with Crippen LogP contribution in [-0.4, -0.2) is 24.8 Å². The summed E-state index contributed by atoms with van der Waals surface area (Å²) in [5.74, 6) is 0.692. The zero-order valence-corrected chi connectivity index (χ0v) is 8.27. The van der Waals surface area contributed by atoms with Crippen LogP contribution in [0.25, 0.3) is 0 Å². The van der Waals surface area contributed by atoms with Gasteiger partial charge in [-0.2, -0.15) is 0 Å². The van der Waals surface area contributed by atoms with Gasteiger partial charge in [-0.25, -0.2) is 0 Å². The smallest absolute Gasteiger partial charge is 0.0484 e. The van der Waals surface area contributed by atoms with Gasteiger partial charge in [-0.15, -0.1) is 0 Å². The average molecular weight is 171 g/mol. The molecule has 0 aromatic carbocycles. The molecule has 2 nitrogen and oxygen atoms in total. The second kappa shape index (κ2) is 4.24. The quantitative estimate of drug-likeness (QED) is 0.658. The molecule has 72 valence electrons. The van der Waals surface area contributed by atoms with Crippen molar-refractivity contribution in [3.8, 4) is 0 Å². The predicted molar refractivity (Wildman–Crippen MR) is 51.1 cm³/mol. The summed E-state index contributed by atoms with van der Waals surface area (Å²) < 4.78 is 0. The van der Waals surface area contributed by atoms with Crippen molar-refractivity contribution in [3.05, 3.63) is 0 Å². The van der Waals surface area contributed by atoms with Crippen LogP contribution < -0.4 is 5.32 Å². The number of hydrogen-bond acceptors (Lipinski definition) is 2. The third-order valence-electron chi connectivity index (χ3n) is 3.09. The van der Waals surface area contributed by atoms with E-state index in [-0.39, 0.29) is 5.41 Å². The molecule has 0 amide bonds. The third-order valence-corrected chi connectivity index (χ3v) is 3.09. The monoisotopic (exact) mass is 171 g/mol. The Bertz CT molecular complexity index is 126. The molecule has 0 bridgehead atoms. The van der Waals surface area contributed by atoms with Gasteiger partial charge in [-0.05, 0) is 43.7 Å². The Labute approximate surface area is 75.4 Å². The van der Waals surface area contributed by atoms with Gasteiger partial charge in [0.05, 0.1) is 0 Å². The van der Waals surface area contributed by atoms with Gasteiger partial charge in [0.25, 0.3) is 0 Å². The van der Waals surface area contributed by atoms with E-state index < -0.39 is 0 Å². The first-order chi connectivity index (χ1) is 5.67. The lowest BCUT2D eigenvalue weighted by molar-refractivity contribution is 0.0886. The van der Waals surface area contributed by atoms with Crippen molar-refractivity contribution in [1.29, 1.82) is 0 Å². The van der Waals surface area contributed by atoms with Crippen LogP contribution in [0.4, 0.5) is 0 Å². The molecule has 1 aliphatic heterocycles. The first kappa shape index (κ1) is 10.0. The minimum Gasteiger partial charge on any atom is -0.396 e. The van der Waals surface area contributed by atoms with E-state index in [0.717, 1.165) is 13.1 Å². The molecule has 1 saturated heterocycles. The lowest BCUT2D eigenvalue weighted by atomic mass is 9.75. The summed E-state index contributed by atoms with van der Waals surface area (Å²) >= 11 is 0. The molecule has 1 rings (SSSR count). The summed E-state index contributed by atoms with van der Waals surface area (Å²) in [4.78, 5) is 0. The number of aliphatic hydroxyl groups excluding tert-OH is 1. The minimum absolute atomic E-state index is 0.117. The Balaban J connectivity index is 2.47. The van der Waals surface area contributed by atoms with E-state index in [1.807, 2.05) is 0 Å². The van der Waals surface area contributed by atoms with Crippen molar-refractivity contribution in [1.82, 2.24) is 5.32 Å². The second-order valence-corrected chi connectivity index (χ2v) is 4.52. The van der Waals surface area contributed by atoms with Crippen molar-refractivity contribution in [3.63, 3.8) is 0 Å². The molecule has 1 heterocycles. The maximum absolute atomic E-state index is 9.22. The molecule has 0 spiro atoms. The number of rotatable bonds is 2. The van der Waals surface area contributed by atoms with Gasteiger partial charge in [-0.1, -0.05) is 13.8 Å². The standard InChI is InChI=1S/C10H21NO/c1-10(2,8-12)9-4-3-6-11-7-5-9/h9,11-12H,3-8H2,1-2H3. The van der Waals surface area contributed by atoms with Crippen LogP contribution in [0.15, 0.2) is 0 Å². The first-order valence-electron chi connectivity index (χ1n) is 4.98. The van der Waals surface area contributed by atoms with Gasteiger partial charge < -0.3 is 10.4 Å². The maximum Gasteiger partial charge on any atom is 0.0484 e. The van der Waals surface area contributed by atoms with Gasteiger partial charge in [-0.3, -0.25) is 0 Å². The summed E-state index contributed by atoms with van der Waals surface area (Å²) in [6, 6.07) is 0. The van der Waals surface area contributed by atoms with Crippen LogP contribution in [0.1, 0.15) is 33.1 Å². The van der Waals surface area contributed by atoms with Crippen LogP contribution in [0.3, 0.4) is 0 Å². The summed E-state index contributed by atoms with van der Waals surface area (Å²) in [6.45, 7) is 6.93. The highest BCUT2D eigenvalue weighted by Gasteiger charge is 2.28. The molecule has 0 saturated carbocycles. The van der Waals surface area contributed by atoms with E-state index in [9.17, 15) is 5.11 Å². The molecule has 1 atom stereocenters. The normalized spacial score (nSPS) is 26.8. The minimum atomic E-state index is 0.117. The molecule has 2 N–H and O–H groups in total. The zero-order valence-electron chi connectivity index (χ0n) is 8.27. The van der Waals surface area contributed by atoms with Crippen molar-refractivity contribution in [2.24, 2.45) is 11.3 Å². The number of aliphatic hydroxyl groups is 1. The van der Waals surface area contributed by atoms with Crippen molar-refractivity contribution in [2.45, 2.75) is 33.1 Å². The summed E-state index contributed by atoms with van der Waals surface area (Å²) in [7, 11) is 0. The molecule has 2 heteroatoms. The van der Waals surface area contributed by atoms with Crippen LogP contribution in [0.2, 0.25) is 0 Å². The largest absolute Gasteiger partial charge is 0.396 e. The van der Waals surface area contributed by atoms with E-state index in [1.54, 1.807) is 0 Å². The first-order valence-corrected chi connectivity index (χ1v) is 4.98. The molecule has 1 fully saturated rings. The molecular weight excluding hydrogens is 150 g/mol. The number of hydrogen-bond donors (Lipinski definition) is 2. The van der Waals surface area contributed by atoms with E-state index in [1.165, 1.54) is 19.3 Å². The van der Waals surface area contributed by atoms with Crippen LogP contribution in [0.5, 0.6) is 0 Å². The Kier molecular flexibility index (Phi) is 3.53. The Hall–Kier alpha value is -0.0800. The summed E-state index contributed by atoms with van der Waals surface area (Å²) in [6.07, 6.45) is 3.74.